The summed E-state index contributed by atoms with van der Waals surface area (Å²) in [7, 11) is 0. The Morgan fingerprint density at radius 1 is 0.933 bits per heavy atom. The van der Waals surface area contributed by atoms with Gasteiger partial charge in [-0.2, -0.15) is 13.2 Å². The van der Waals surface area contributed by atoms with Crippen LogP contribution in [0.1, 0.15) is 71.1 Å². The number of nitrogens with one attached hydrogen (secondary N) is 3. The molecule has 0 radical (unpaired) electrons. The lowest BCUT2D eigenvalue weighted by Gasteiger charge is -2.46. The Bertz CT molecular complexity index is 1090. The Labute approximate surface area is 256 Å². The van der Waals surface area contributed by atoms with Gasteiger partial charge in [0.15, 0.2) is 6.10 Å². The van der Waals surface area contributed by atoms with E-state index in [-0.39, 0.29) is 0 Å². The second kappa shape index (κ2) is 15.5. The van der Waals surface area contributed by atoms with Gasteiger partial charge in [-0.1, -0.05) is 38.5 Å². The summed E-state index contributed by atoms with van der Waals surface area (Å²) in [5.41, 5.74) is 6.12. The smallest absolute Gasteiger partial charge is 0.475 e. The summed E-state index contributed by atoms with van der Waals surface area (Å²) in [5, 5.41) is 28.4. The van der Waals surface area contributed by atoms with Crippen molar-refractivity contribution in [2.75, 3.05) is 6.61 Å². The highest BCUT2D eigenvalue weighted by Crippen LogP contribution is 2.35. The van der Waals surface area contributed by atoms with Gasteiger partial charge in [0.25, 0.3) is 0 Å². The Balaban J connectivity index is 2.10. The van der Waals surface area contributed by atoms with E-state index in [4.69, 9.17) is 19.9 Å². The van der Waals surface area contributed by atoms with Crippen LogP contribution in [-0.4, -0.2) is 95.2 Å². The van der Waals surface area contributed by atoms with E-state index >= 15 is 0 Å². The number of rotatable bonds is 10. The van der Waals surface area contributed by atoms with Gasteiger partial charge in [-0.05, 0) is 31.8 Å². The van der Waals surface area contributed by atoms with Crippen LogP contribution in [0, 0.1) is 0 Å². The van der Waals surface area contributed by atoms with Crippen molar-refractivity contribution in [1.29, 1.82) is 0 Å². The van der Waals surface area contributed by atoms with E-state index in [9.17, 15) is 47.4 Å². The highest BCUT2D eigenvalue weighted by Gasteiger charge is 2.61. The molecule has 254 valence electrons. The number of aliphatic hydroxyl groups is 1. The number of carbonyl (C=O) groups is 5. The normalized spacial score (nSPS) is 23.8. The number of aliphatic hydroxyl groups excluding tert-OH is 1. The third kappa shape index (κ3) is 9.84. The number of hydrogen-bond donors (Lipinski definition) is 6. The van der Waals surface area contributed by atoms with E-state index in [1.165, 1.54) is 0 Å². The lowest BCUT2D eigenvalue weighted by molar-refractivity contribution is -0.287. The van der Waals surface area contributed by atoms with Crippen molar-refractivity contribution in [3.05, 3.63) is 11.8 Å². The van der Waals surface area contributed by atoms with E-state index < -0.39 is 90.7 Å². The number of carboxylic acid groups (broad SMARTS) is 1. The molecule has 15 nitrogen and oxygen atoms in total. The summed E-state index contributed by atoms with van der Waals surface area (Å²) in [6.45, 7) is -0.545. The molecule has 2 saturated carbocycles. The first-order valence-electron chi connectivity index (χ1n) is 14.7. The average molecular weight is 653 g/mol. The van der Waals surface area contributed by atoms with Gasteiger partial charge in [0.2, 0.25) is 17.8 Å². The van der Waals surface area contributed by atoms with E-state index in [1.54, 1.807) is 0 Å². The van der Waals surface area contributed by atoms with Crippen molar-refractivity contribution in [3.63, 3.8) is 0 Å². The van der Waals surface area contributed by atoms with Gasteiger partial charge in [-0.25, -0.2) is 19.2 Å². The van der Waals surface area contributed by atoms with Crippen molar-refractivity contribution in [2.45, 2.75) is 119 Å². The fourth-order valence-electron chi connectivity index (χ4n) is 5.58. The fourth-order valence-corrected chi connectivity index (χ4v) is 5.58. The first-order chi connectivity index (χ1) is 21.1. The van der Waals surface area contributed by atoms with E-state index in [0.29, 0.717) is 25.7 Å². The quantitative estimate of drug-likeness (QED) is 0.146. The van der Waals surface area contributed by atoms with Gasteiger partial charge >= 0.3 is 36.1 Å². The van der Waals surface area contributed by atoms with Crippen LogP contribution in [0.15, 0.2) is 11.8 Å². The molecule has 3 aliphatic rings. The van der Waals surface area contributed by atoms with E-state index in [1.807, 2.05) is 0 Å². The van der Waals surface area contributed by atoms with Gasteiger partial charge in [-0.3, -0.25) is 4.79 Å². The minimum absolute atomic E-state index is 0.435. The molecule has 18 heteroatoms. The number of aliphatic carboxylic acids is 1. The number of nitrogens with two attached hydrogens (primary N) is 1. The van der Waals surface area contributed by atoms with Gasteiger partial charge in [-0.15, -0.1) is 0 Å². The summed E-state index contributed by atoms with van der Waals surface area (Å²) in [5.74, 6) is -9.35. The molecule has 0 saturated heterocycles. The van der Waals surface area contributed by atoms with Crippen LogP contribution in [-0.2, 0) is 33.3 Å². The molecule has 0 aromatic rings. The number of amides is 3. The van der Waals surface area contributed by atoms with Crippen LogP contribution in [0.5, 0.6) is 0 Å². The highest BCUT2D eigenvalue weighted by molar-refractivity contribution is 5.85. The first-order valence-corrected chi connectivity index (χ1v) is 14.7. The SMILES string of the molecule is CC(=O)N[C@H]1[C@H](C(OC(=O)NC2CCCCC2)(OC(=O)NC2CCCCC2)[C@H](O)COC(=O)C(F)(F)F)OC(C(=O)O)=C[C@@H]1N. The maximum absolute atomic E-state index is 13.3. The molecule has 2 fully saturated rings. The van der Waals surface area contributed by atoms with Gasteiger partial charge in [0.1, 0.15) is 6.61 Å². The van der Waals surface area contributed by atoms with E-state index in [0.717, 1.165) is 51.5 Å². The van der Waals surface area contributed by atoms with Crippen LogP contribution in [0.2, 0.25) is 0 Å². The number of ether oxygens (including phenoxy) is 4. The summed E-state index contributed by atoms with van der Waals surface area (Å²) >= 11 is 0. The molecule has 3 rings (SSSR count). The third-order valence-electron chi connectivity index (χ3n) is 7.74. The lowest BCUT2D eigenvalue weighted by atomic mass is 9.89. The zero-order chi connectivity index (χ0) is 33.4. The van der Waals surface area contributed by atoms with E-state index in [2.05, 4.69) is 20.7 Å². The van der Waals surface area contributed by atoms with Crippen molar-refractivity contribution in [2.24, 2.45) is 5.73 Å². The molecule has 2 aliphatic carbocycles. The number of halogens is 3. The Kier molecular flexibility index (Phi) is 12.3. The molecule has 0 bridgehead atoms. The monoisotopic (exact) mass is 652 g/mol. The largest absolute Gasteiger partial charge is 0.490 e. The minimum atomic E-state index is -5.50. The summed E-state index contributed by atoms with van der Waals surface area (Å²) in [6, 6.07) is -3.92. The number of carbonyl (C=O) groups excluding carboxylic acids is 4. The lowest BCUT2D eigenvalue weighted by Crippen LogP contribution is -2.71. The van der Waals surface area contributed by atoms with Crippen molar-refractivity contribution < 1.29 is 66.3 Å². The molecule has 3 amide bonds. The molecule has 4 atom stereocenters. The summed E-state index contributed by atoms with van der Waals surface area (Å²) in [6.07, 6.45) is -5.17. The second-order valence-electron chi connectivity index (χ2n) is 11.2. The standard InChI is InChI=1S/C27H39F3N4O11/c1-14(35)32-20-17(31)12-18(22(37)38)43-21(20)26(19(36)13-42-23(39)27(28,29)30,44-24(40)33-15-8-4-2-5-9-15)45-25(41)34-16-10-6-3-7-11-16/h12,15-17,19-21,36H,2-11,13,31H2,1H3,(H,32,35)(H,33,40)(H,34,41)(H,37,38)/t17-,19+,20+,21+/m0/s1. The minimum Gasteiger partial charge on any atom is -0.475 e. The maximum Gasteiger partial charge on any atom is 0.490 e. The molecule has 0 unspecified atom stereocenters. The summed E-state index contributed by atoms with van der Waals surface area (Å²) in [4.78, 5) is 62.3. The zero-order valence-electron chi connectivity index (χ0n) is 24.6. The first kappa shape index (κ1) is 35.7. The number of alkyl carbamates (subject to hydrolysis) is 2. The Morgan fingerprint density at radius 2 is 1.42 bits per heavy atom. The number of hydrogen-bond acceptors (Lipinski definition) is 11. The predicted molar refractivity (Wildman–Crippen MR) is 145 cm³/mol. The molecule has 0 aromatic heterocycles. The number of esters is 1. The molecule has 0 aromatic carbocycles. The van der Waals surface area contributed by atoms with Crippen LogP contribution >= 0.6 is 0 Å². The van der Waals surface area contributed by atoms with Crippen molar-refractivity contribution in [1.82, 2.24) is 16.0 Å². The van der Waals surface area contributed by atoms with Crippen molar-refractivity contribution >= 4 is 30.0 Å². The second-order valence-corrected chi connectivity index (χ2v) is 11.2. The molecular formula is C27H39F3N4O11. The molecule has 45 heavy (non-hydrogen) atoms. The van der Waals surface area contributed by atoms with Crippen LogP contribution in [0.25, 0.3) is 0 Å². The summed E-state index contributed by atoms with van der Waals surface area (Å²) < 4.78 is 59.7. The maximum atomic E-state index is 13.3. The Morgan fingerprint density at radius 3 is 1.84 bits per heavy atom. The van der Waals surface area contributed by atoms with Crippen LogP contribution in [0.4, 0.5) is 22.8 Å². The topological polar surface area (TPSA) is 225 Å². The van der Waals surface area contributed by atoms with Gasteiger partial charge in [0, 0.05) is 19.0 Å². The van der Waals surface area contributed by atoms with Crippen LogP contribution < -0.4 is 21.7 Å². The van der Waals surface area contributed by atoms with Gasteiger partial charge < -0.3 is 50.8 Å². The molecule has 1 heterocycles. The number of carboxylic acids is 1. The molecule has 7 N–H and O–H groups in total. The highest BCUT2D eigenvalue weighted by atomic mass is 19.4. The number of alkyl halides is 3. The predicted octanol–water partition coefficient (Wildman–Crippen LogP) is 1.47. The molecule has 1 aliphatic heterocycles. The van der Waals surface area contributed by atoms with Crippen molar-refractivity contribution in [3.8, 4) is 0 Å². The van der Waals surface area contributed by atoms with Gasteiger partial charge in [0.05, 0.1) is 12.1 Å². The molecule has 0 spiro atoms. The third-order valence-corrected chi connectivity index (χ3v) is 7.74. The Hall–Kier alpha value is -3.80. The average Bonchev–Trinajstić information content (AvgIpc) is 2.96. The molecular weight excluding hydrogens is 613 g/mol. The van der Waals surface area contributed by atoms with Crippen LogP contribution in [0.3, 0.4) is 0 Å². The fraction of sp³-hybridized carbons (Fsp3) is 0.741. The zero-order valence-corrected chi connectivity index (χ0v) is 24.6.